The van der Waals surface area contributed by atoms with Crippen LogP contribution >= 0.6 is 11.6 Å². The molecule has 0 spiro atoms. The van der Waals surface area contributed by atoms with Crippen LogP contribution in [0.2, 0.25) is 5.02 Å². The monoisotopic (exact) mass is 349 g/mol. The summed E-state index contributed by atoms with van der Waals surface area (Å²) in [4.78, 5) is 14.2. The Kier molecular flexibility index (Phi) is 4.57. The van der Waals surface area contributed by atoms with Crippen LogP contribution in [0.1, 0.15) is 37.7 Å². The minimum atomic E-state index is -0.335. The van der Waals surface area contributed by atoms with Crippen LogP contribution in [-0.2, 0) is 0 Å². The standard InChI is InChI=1S/C15H20ClN7O/c1-9(14-19-20-21-23(14)11-5-6-11)17-15(24)18-12-8-10(16)4-7-13(12)22(2)3/h4,7-9,11H,5-6H2,1-3H3,(H2,17,18,24)/t9-/m0/s1. The second-order valence-corrected chi connectivity index (χ2v) is 6.53. The average Bonchev–Trinajstić information content (AvgIpc) is 3.23. The van der Waals surface area contributed by atoms with Gasteiger partial charge in [0.25, 0.3) is 0 Å². The smallest absolute Gasteiger partial charge is 0.319 e. The van der Waals surface area contributed by atoms with Crippen molar-refractivity contribution in [1.29, 1.82) is 0 Å². The van der Waals surface area contributed by atoms with E-state index in [1.807, 2.05) is 32.0 Å². The van der Waals surface area contributed by atoms with Crippen LogP contribution in [0.5, 0.6) is 0 Å². The molecular weight excluding hydrogens is 330 g/mol. The molecule has 0 saturated heterocycles. The fraction of sp³-hybridized carbons (Fsp3) is 0.467. The average molecular weight is 350 g/mol. The van der Waals surface area contributed by atoms with Gasteiger partial charge in [-0.15, -0.1) is 5.10 Å². The number of nitrogens with one attached hydrogen (secondary N) is 2. The van der Waals surface area contributed by atoms with Crippen LogP contribution in [0.4, 0.5) is 16.2 Å². The number of halogens is 1. The first kappa shape index (κ1) is 16.5. The number of anilines is 2. The number of nitrogens with zero attached hydrogens (tertiary/aromatic N) is 5. The van der Waals surface area contributed by atoms with E-state index in [1.165, 1.54) is 0 Å². The zero-order chi connectivity index (χ0) is 17.3. The van der Waals surface area contributed by atoms with Crippen LogP contribution < -0.4 is 15.5 Å². The summed E-state index contributed by atoms with van der Waals surface area (Å²) in [6.45, 7) is 1.86. The molecule has 0 aliphatic heterocycles. The van der Waals surface area contributed by atoms with Gasteiger partial charge in [0.2, 0.25) is 0 Å². The van der Waals surface area contributed by atoms with Crippen LogP contribution in [0.3, 0.4) is 0 Å². The van der Waals surface area contributed by atoms with Crippen molar-refractivity contribution in [2.75, 3.05) is 24.3 Å². The molecule has 1 aliphatic rings. The van der Waals surface area contributed by atoms with E-state index in [-0.39, 0.29) is 12.1 Å². The lowest BCUT2D eigenvalue weighted by Gasteiger charge is -2.19. The first-order valence-electron chi connectivity index (χ1n) is 7.78. The normalized spacial score (nSPS) is 15.0. The molecule has 24 heavy (non-hydrogen) atoms. The third kappa shape index (κ3) is 3.59. The molecule has 3 rings (SSSR count). The topological polar surface area (TPSA) is 88.0 Å². The Bertz CT molecular complexity index is 741. The number of amides is 2. The van der Waals surface area contributed by atoms with Gasteiger partial charge >= 0.3 is 6.03 Å². The van der Waals surface area contributed by atoms with E-state index in [2.05, 4.69) is 26.2 Å². The Hall–Kier alpha value is -2.35. The maximum Gasteiger partial charge on any atom is 0.319 e. The second-order valence-electron chi connectivity index (χ2n) is 6.09. The molecule has 9 heteroatoms. The zero-order valence-corrected chi connectivity index (χ0v) is 14.6. The Morgan fingerprint density at radius 3 is 2.83 bits per heavy atom. The molecule has 1 atom stereocenters. The lowest BCUT2D eigenvalue weighted by molar-refractivity contribution is 0.248. The van der Waals surface area contributed by atoms with Gasteiger partial charge in [0.15, 0.2) is 5.82 Å². The first-order chi connectivity index (χ1) is 11.5. The molecule has 1 aliphatic carbocycles. The lowest BCUT2D eigenvalue weighted by Crippen LogP contribution is -2.33. The van der Waals surface area contributed by atoms with Crippen molar-refractivity contribution in [3.8, 4) is 0 Å². The number of tetrazole rings is 1. The highest BCUT2D eigenvalue weighted by Crippen LogP contribution is 2.35. The molecule has 1 fully saturated rings. The molecule has 1 aromatic heterocycles. The summed E-state index contributed by atoms with van der Waals surface area (Å²) in [7, 11) is 3.80. The summed E-state index contributed by atoms with van der Waals surface area (Å²) in [6, 6.07) is 5.08. The van der Waals surface area contributed by atoms with Crippen LogP contribution in [0.25, 0.3) is 0 Å². The van der Waals surface area contributed by atoms with Gasteiger partial charge in [-0.2, -0.15) is 0 Å². The molecule has 2 aromatic rings. The molecule has 0 bridgehead atoms. The van der Waals surface area contributed by atoms with E-state index in [1.54, 1.807) is 16.8 Å². The van der Waals surface area contributed by atoms with Gasteiger partial charge in [0, 0.05) is 19.1 Å². The number of urea groups is 1. The Balaban J connectivity index is 1.69. The molecule has 0 unspecified atom stereocenters. The van der Waals surface area contributed by atoms with E-state index >= 15 is 0 Å². The highest BCUT2D eigenvalue weighted by Gasteiger charge is 2.30. The third-order valence-electron chi connectivity index (χ3n) is 3.83. The van der Waals surface area contributed by atoms with E-state index in [4.69, 9.17) is 11.6 Å². The highest BCUT2D eigenvalue weighted by atomic mass is 35.5. The molecule has 0 radical (unpaired) electrons. The fourth-order valence-corrected chi connectivity index (χ4v) is 2.65. The number of carbonyl (C=O) groups is 1. The second kappa shape index (κ2) is 6.64. The van der Waals surface area contributed by atoms with Gasteiger partial charge < -0.3 is 15.5 Å². The summed E-state index contributed by atoms with van der Waals surface area (Å²) in [5.74, 6) is 0.659. The highest BCUT2D eigenvalue weighted by molar-refractivity contribution is 6.31. The van der Waals surface area contributed by atoms with Crippen molar-refractivity contribution >= 4 is 29.0 Å². The summed E-state index contributed by atoms with van der Waals surface area (Å²) in [6.07, 6.45) is 2.15. The largest absolute Gasteiger partial charge is 0.376 e. The number of benzene rings is 1. The van der Waals surface area contributed by atoms with Gasteiger partial charge in [0.05, 0.1) is 23.5 Å². The molecule has 8 nitrogen and oxygen atoms in total. The summed E-state index contributed by atoms with van der Waals surface area (Å²) >= 11 is 6.03. The molecule has 1 saturated carbocycles. The fourth-order valence-electron chi connectivity index (χ4n) is 2.48. The van der Waals surface area contributed by atoms with Crippen molar-refractivity contribution in [2.45, 2.75) is 31.8 Å². The maximum absolute atomic E-state index is 12.3. The minimum Gasteiger partial charge on any atom is -0.376 e. The minimum absolute atomic E-state index is 0.303. The Labute approximate surface area is 145 Å². The molecule has 2 N–H and O–H groups in total. The van der Waals surface area contributed by atoms with Crippen molar-refractivity contribution in [2.24, 2.45) is 0 Å². The SMILES string of the molecule is C[C@H](NC(=O)Nc1cc(Cl)ccc1N(C)C)c1nnnn1C1CC1. The van der Waals surface area contributed by atoms with E-state index < -0.39 is 0 Å². The number of hydrogen-bond acceptors (Lipinski definition) is 5. The van der Waals surface area contributed by atoms with E-state index in [0.29, 0.717) is 22.6 Å². The van der Waals surface area contributed by atoms with E-state index in [9.17, 15) is 4.79 Å². The number of rotatable bonds is 5. The zero-order valence-electron chi connectivity index (χ0n) is 13.8. The molecule has 1 aromatic carbocycles. The number of hydrogen-bond donors (Lipinski definition) is 2. The number of aromatic nitrogens is 4. The summed E-state index contributed by atoms with van der Waals surface area (Å²) in [5, 5.41) is 18.0. The van der Waals surface area contributed by atoms with Gasteiger partial charge in [-0.1, -0.05) is 11.6 Å². The Morgan fingerprint density at radius 2 is 2.17 bits per heavy atom. The lowest BCUT2D eigenvalue weighted by atomic mass is 10.2. The molecule has 128 valence electrons. The van der Waals surface area contributed by atoms with Crippen LogP contribution in [0.15, 0.2) is 18.2 Å². The quantitative estimate of drug-likeness (QED) is 0.866. The molecular formula is C15H20ClN7O. The van der Waals surface area contributed by atoms with Crippen LogP contribution in [-0.4, -0.2) is 40.3 Å². The molecule has 1 heterocycles. The number of carbonyl (C=O) groups excluding carboxylic acids is 1. The van der Waals surface area contributed by atoms with Crippen molar-refractivity contribution in [3.63, 3.8) is 0 Å². The maximum atomic E-state index is 12.3. The van der Waals surface area contributed by atoms with Gasteiger partial charge in [-0.05, 0) is 48.4 Å². The van der Waals surface area contributed by atoms with Gasteiger partial charge in [0.1, 0.15) is 0 Å². The van der Waals surface area contributed by atoms with Crippen molar-refractivity contribution in [1.82, 2.24) is 25.5 Å². The Morgan fingerprint density at radius 1 is 1.42 bits per heavy atom. The predicted molar refractivity (Wildman–Crippen MR) is 92.4 cm³/mol. The summed E-state index contributed by atoms with van der Waals surface area (Å²) < 4.78 is 1.79. The summed E-state index contributed by atoms with van der Waals surface area (Å²) in [5.41, 5.74) is 1.50. The van der Waals surface area contributed by atoms with Crippen molar-refractivity contribution < 1.29 is 4.79 Å². The molecule has 2 amide bonds. The third-order valence-corrected chi connectivity index (χ3v) is 4.07. The van der Waals surface area contributed by atoms with Crippen molar-refractivity contribution in [3.05, 3.63) is 29.0 Å². The van der Waals surface area contributed by atoms with E-state index in [0.717, 1.165) is 18.5 Å². The van der Waals surface area contributed by atoms with Gasteiger partial charge in [-0.3, -0.25) is 0 Å². The van der Waals surface area contributed by atoms with Crippen LogP contribution in [0, 0.1) is 0 Å². The van der Waals surface area contributed by atoms with Gasteiger partial charge in [-0.25, -0.2) is 9.48 Å². The predicted octanol–water partition coefficient (Wildman–Crippen LogP) is 2.61. The first-order valence-corrected chi connectivity index (χ1v) is 8.15.